The van der Waals surface area contributed by atoms with Gasteiger partial charge in [0.05, 0.1) is 15.5 Å². The van der Waals surface area contributed by atoms with E-state index in [1.54, 1.807) is 13.8 Å². The Morgan fingerprint density at radius 1 is 1.58 bits per heavy atom. The zero-order valence-corrected chi connectivity index (χ0v) is 11.1. The van der Waals surface area contributed by atoms with E-state index in [0.717, 1.165) is 12.1 Å². The second-order valence-electron chi connectivity index (χ2n) is 4.64. The lowest BCUT2D eigenvalue weighted by Gasteiger charge is -2.22. The van der Waals surface area contributed by atoms with Crippen molar-refractivity contribution >= 4 is 23.1 Å². The van der Waals surface area contributed by atoms with E-state index in [-0.39, 0.29) is 12.0 Å². The fraction of sp³-hybridized carbons (Fsp3) is 0.364. The van der Waals surface area contributed by atoms with Crippen molar-refractivity contribution in [3.05, 3.63) is 38.7 Å². The first-order chi connectivity index (χ1) is 8.69. The van der Waals surface area contributed by atoms with E-state index in [1.807, 2.05) is 0 Å². The van der Waals surface area contributed by atoms with E-state index >= 15 is 0 Å². The van der Waals surface area contributed by atoms with Gasteiger partial charge in [-0.2, -0.15) is 4.39 Å². The molecular weight excluding hydrogens is 277 g/mol. The van der Waals surface area contributed by atoms with Crippen LogP contribution in [0.3, 0.4) is 0 Å². The molecule has 0 aliphatic carbocycles. The number of nitrogens with one attached hydrogen (secondary N) is 1. The van der Waals surface area contributed by atoms with E-state index < -0.39 is 32.8 Å². The summed E-state index contributed by atoms with van der Waals surface area (Å²) >= 11 is 5.47. The summed E-state index contributed by atoms with van der Waals surface area (Å²) in [4.78, 5) is 21.9. The van der Waals surface area contributed by atoms with E-state index in [2.05, 4.69) is 5.43 Å². The Hall–Kier alpha value is -1.57. The highest BCUT2D eigenvalue weighted by Gasteiger charge is 2.30. The monoisotopic (exact) mass is 289 g/mol. The summed E-state index contributed by atoms with van der Waals surface area (Å²) in [6, 6.07) is 2.25. The second kappa shape index (κ2) is 5.60. The number of ketones is 1. The molecule has 0 saturated heterocycles. The van der Waals surface area contributed by atoms with Crippen molar-refractivity contribution in [2.24, 2.45) is 5.84 Å². The van der Waals surface area contributed by atoms with Crippen molar-refractivity contribution in [1.29, 1.82) is 0 Å². The van der Waals surface area contributed by atoms with Crippen molar-refractivity contribution in [2.75, 3.05) is 0 Å². The molecule has 1 aromatic rings. The summed E-state index contributed by atoms with van der Waals surface area (Å²) in [5.74, 6) is 3.45. The molecule has 0 radical (unpaired) electrons. The number of hydrogen-bond acceptors (Lipinski definition) is 5. The summed E-state index contributed by atoms with van der Waals surface area (Å²) in [5, 5.41) is 10.4. The maximum atomic E-state index is 13.6. The Morgan fingerprint density at radius 3 is 2.63 bits per heavy atom. The number of rotatable bonds is 5. The lowest BCUT2D eigenvalue weighted by molar-refractivity contribution is -0.387. The number of carbonyl (C=O) groups excluding carboxylic acids is 1. The lowest BCUT2D eigenvalue weighted by Crippen LogP contribution is -2.45. The topological polar surface area (TPSA) is 98.3 Å². The number of hydrazine groups is 1. The van der Waals surface area contributed by atoms with Crippen LogP contribution in [0.25, 0.3) is 0 Å². The van der Waals surface area contributed by atoms with Crippen molar-refractivity contribution in [3.8, 4) is 0 Å². The van der Waals surface area contributed by atoms with Gasteiger partial charge in [0.15, 0.2) is 5.78 Å². The van der Waals surface area contributed by atoms with Crippen molar-refractivity contribution < 1.29 is 14.1 Å². The van der Waals surface area contributed by atoms with Crippen LogP contribution < -0.4 is 11.3 Å². The first-order valence-electron chi connectivity index (χ1n) is 5.33. The summed E-state index contributed by atoms with van der Waals surface area (Å²) in [6.07, 6.45) is -0.120. The summed E-state index contributed by atoms with van der Waals surface area (Å²) in [7, 11) is 0. The van der Waals surface area contributed by atoms with Gasteiger partial charge in [-0.25, -0.2) is 0 Å². The number of nitrogens with two attached hydrogens (primary N) is 1. The molecule has 0 saturated carbocycles. The fourth-order valence-corrected chi connectivity index (χ4v) is 1.64. The molecule has 0 aliphatic rings. The third kappa shape index (κ3) is 3.46. The van der Waals surface area contributed by atoms with Crippen molar-refractivity contribution in [3.63, 3.8) is 0 Å². The average Bonchev–Trinajstić information content (AvgIpc) is 2.31. The molecule has 1 aromatic carbocycles. The quantitative estimate of drug-likeness (QED) is 0.375. The van der Waals surface area contributed by atoms with Gasteiger partial charge >= 0.3 is 5.69 Å². The molecule has 1 rings (SSSR count). The predicted octanol–water partition coefficient (Wildman–Crippen LogP) is 2.20. The SMILES string of the molecule is CC(C)(CC(=O)c1ccc(Cl)c(F)c1[N+](=O)[O-])NN. The van der Waals surface area contributed by atoms with Crippen LogP contribution in [0.1, 0.15) is 30.6 Å². The Kier molecular flexibility index (Phi) is 4.56. The minimum Gasteiger partial charge on any atom is -0.294 e. The van der Waals surface area contributed by atoms with Gasteiger partial charge in [0.2, 0.25) is 5.82 Å². The number of nitro benzene ring substituents is 1. The van der Waals surface area contributed by atoms with E-state index in [1.165, 1.54) is 0 Å². The van der Waals surface area contributed by atoms with Crippen LogP contribution >= 0.6 is 11.6 Å². The van der Waals surface area contributed by atoms with E-state index in [0.29, 0.717) is 0 Å². The molecule has 0 amide bonds. The van der Waals surface area contributed by atoms with Gasteiger partial charge in [0, 0.05) is 12.0 Å². The molecule has 0 spiro atoms. The molecule has 3 N–H and O–H groups in total. The maximum Gasteiger partial charge on any atom is 0.317 e. The number of Topliss-reactive ketones (excluding diaryl/α,β-unsaturated/α-hetero) is 1. The smallest absolute Gasteiger partial charge is 0.294 e. The minimum absolute atomic E-state index is 0.120. The van der Waals surface area contributed by atoms with Gasteiger partial charge in [-0.3, -0.25) is 26.2 Å². The Labute approximate surface area is 113 Å². The molecule has 0 aromatic heterocycles. The molecule has 0 heterocycles. The van der Waals surface area contributed by atoms with Crippen LogP contribution in [-0.4, -0.2) is 16.2 Å². The van der Waals surface area contributed by atoms with E-state index in [4.69, 9.17) is 17.4 Å². The van der Waals surface area contributed by atoms with E-state index in [9.17, 15) is 19.3 Å². The number of nitro groups is 1. The average molecular weight is 290 g/mol. The largest absolute Gasteiger partial charge is 0.317 e. The molecular formula is C11H13ClFN3O3. The third-order valence-corrected chi connectivity index (χ3v) is 2.84. The molecule has 0 bridgehead atoms. The zero-order valence-electron chi connectivity index (χ0n) is 10.4. The first kappa shape index (κ1) is 15.5. The van der Waals surface area contributed by atoms with Crippen LogP contribution in [0.5, 0.6) is 0 Å². The van der Waals surface area contributed by atoms with Crippen molar-refractivity contribution in [1.82, 2.24) is 5.43 Å². The molecule has 0 atom stereocenters. The Morgan fingerprint density at radius 2 is 2.16 bits per heavy atom. The highest BCUT2D eigenvalue weighted by atomic mass is 35.5. The predicted molar refractivity (Wildman–Crippen MR) is 68.4 cm³/mol. The highest BCUT2D eigenvalue weighted by Crippen LogP contribution is 2.30. The Balaban J connectivity index is 3.25. The van der Waals surface area contributed by atoms with Crippen LogP contribution in [0.2, 0.25) is 5.02 Å². The van der Waals surface area contributed by atoms with Crippen LogP contribution in [0, 0.1) is 15.9 Å². The third-order valence-electron chi connectivity index (χ3n) is 2.55. The second-order valence-corrected chi connectivity index (χ2v) is 5.05. The van der Waals surface area contributed by atoms with Gasteiger partial charge in [-0.05, 0) is 26.0 Å². The number of carbonyl (C=O) groups is 1. The number of halogens is 2. The van der Waals surface area contributed by atoms with Gasteiger partial charge in [-0.1, -0.05) is 11.6 Å². The summed E-state index contributed by atoms with van der Waals surface area (Å²) in [6.45, 7) is 3.28. The maximum absolute atomic E-state index is 13.6. The number of benzene rings is 1. The number of hydrogen-bond donors (Lipinski definition) is 2. The van der Waals surface area contributed by atoms with Crippen LogP contribution in [-0.2, 0) is 0 Å². The summed E-state index contributed by atoms with van der Waals surface area (Å²) in [5.41, 5.74) is 0.408. The molecule has 0 aliphatic heterocycles. The van der Waals surface area contributed by atoms with Crippen LogP contribution in [0.15, 0.2) is 12.1 Å². The van der Waals surface area contributed by atoms with Crippen LogP contribution in [0.4, 0.5) is 10.1 Å². The number of nitrogens with zero attached hydrogens (tertiary/aromatic N) is 1. The highest BCUT2D eigenvalue weighted by molar-refractivity contribution is 6.31. The fourth-order valence-electron chi connectivity index (χ4n) is 1.49. The lowest BCUT2D eigenvalue weighted by atomic mass is 9.94. The minimum atomic E-state index is -1.21. The molecule has 104 valence electrons. The standard InChI is InChI=1S/C11H13ClFN3O3/c1-11(2,15-14)5-8(17)6-3-4-7(12)9(13)10(6)16(18)19/h3-4,15H,5,14H2,1-2H3. The molecule has 6 nitrogen and oxygen atoms in total. The van der Waals surface area contributed by atoms with Crippen molar-refractivity contribution in [2.45, 2.75) is 25.8 Å². The first-order valence-corrected chi connectivity index (χ1v) is 5.71. The molecule has 19 heavy (non-hydrogen) atoms. The van der Waals surface area contributed by atoms with Gasteiger partial charge in [0.1, 0.15) is 0 Å². The van der Waals surface area contributed by atoms with Gasteiger partial charge in [-0.15, -0.1) is 0 Å². The normalized spacial score (nSPS) is 11.4. The molecule has 8 heteroatoms. The summed E-state index contributed by atoms with van der Waals surface area (Å²) < 4.78 is 13.6. The molecule has 0 fully saturated rings. The van der Waals surface area contributed by atoms with Gasteiger partial charge < -0.3 is 0 Å². The molecule has 0 unspecified atom stereocenters. The van der Waals surface area contributed by atoms with Gasteiger partial charge in [0.25, 0.3) is 0 Å². The Bertz CT molecular complexity index is 534. The zero-order chi connectivity index (χ0) is 14.8.